The van der Waals surface area contributed by atoms with Crippen molar-refractivity contribution in [3.8, 4) is 89.5 Å². The summed E-state index contributed by atoms with van der Waals surface area (Å²) < 4.78 is 8.99. The Morgan fingerprint density at radius 1 is 0.451 bits per heavy atom. The summed E-state index contributed by atoms with van der Waals surface area (Å²) in [6.45, 7) is 18.5. The van der Waals surface area contributed by atoms with Gasteiger partial charge in [-0.1, -0.05) is 63.5 Å². The number of thiazole rings is 4. The molecule has 16 aromatic rings. The number of pyridine rings is 3. The van der Waals surface area contributed by atoms with Gasteiger partial charge < -0.3 is 51.5 Å². The van der Waals surface area contributed by atoms with Gasteiger partial charge in [-0.15, -0.1) is 0 Å². The number of hydrogen-bond donors (Lipinski definition) is 13. The van der Waals surface area contributed by atoms with E-state index in [1.807, 2.05) is 130 Å². The second kappa shape index (κ2) is 42.5. The summed E-state index contributed by atoms with van der Waals surface area (Å²) in [6.07, 6.45) is 18.7. The highest BCUT2D eigenvalue weighted by atomic mass is 32.1. The van der Waals surface area contributed by atoms with E-state index in [0.717, 1.165) is 157 Å². The molecule has 18 rings (SSSR count). The van der Waals surface area contributed by atoms with E-state index in [1.54, 1.807) is 116 Å². The first-order chi connectivity index (χ1) is 64.2. The summed E-state index contributed by atoms with van der Waals surface area (Å²) in [7, 11) is 3.11. The second-order valence-corrected chi connectivity index (χ2v) is 35.6. The Bertz CT molecular complexity index is 6750. The van der Waals surface area contributed by atoms with Gasteiger partial charge in [0.25, 0.3) is 0 Å². The lowest BCUT2D eigenvalue weighted by molar-refractivity contribution is 0.0126. The number of carbonyl (C=O) groups is 4. The van der Waals surface area contributed by atoms with E-state index < -0.39 is 29.5 Å². The lowest BCUT2D eigenvalue weighted by atomic mass is 10.0. The number of urea groups is 4. The predicted octanol–water partition coefficient (Wildman–Crippen LogP) is 14.1. The Morgan fingerprint density at radius 2 is 0.812 bits per heavy atom. The molecule has 0 bridgehead atoms. The molecule has 4 unspecified atom stereocenters. The van der Waals surface area contributed by atoms with Crippen LogP contribution in [-0.4, -0.2) is 223 Å². The molecule has 37 nitrogen and oxygen atoms in total. The number of carbonyl (C=O) groups excluding carboxylic acids is 4. The van der Waals surface area contributed by atoms with Gasteiger partial charge in [-0.05, 0) is 168 Å². The predicted molar refractivity (Wildman–Crippen MR) is 514 cm³/mol. The van der Waals surface area contributed by atoms with Crippen molar-refractivity contribution in [2.75, 3.05) is 94.4 Å². The highest BCUT2D eigenvalue weighted by Gasteiger charge is 2.32. The van der Waals surface area contributed by atoms with Crippen LogP contribution in [0, 0.1) is 0 Å². The molecule has 4 aromatic carbocycles. The number of β-amino-alcohol motifs (C(OH)–C–C–N with tert-alkyl or cyclic N) is 2. The summed E-state index contributed by atoms with van der Waals surface area (Å²) in [5, 5.41) is 74.0. The number of ether oxygens (including phenoxy) is 1. The molecule has 2 aliphatic rings. The number of nitrogens with zero attached hydrogens (tertiary/aromatic N) is 19. The van der Waals surface area contributed by atoms with Crippen molar-refractivity contribution >= 4 is 131 Å². The molecule has 13 N–H and O–H groups in total. The Hall–Kier alpha value is -14.0. The number of hydrogen-bond acceptors (Lipinski definition) is 33. The van der Waals surface area contributed by atoms with Crippen molar-refractivity contribution < 1.29 is 49.4 Å². The normalized spacial score (nSPS) is 14.6. The molecule has 0 radical (unpaired) electrons. The monoisotopic (exact) mass is 1870 g/mol. The lowest BCUT2D eigenvalue weighted by Crippen LogP contribution is -2.39. The van der Waals surface area contributed by atoms with Crippen LogP contribution < -0.4 is 42.5 Å². The van der Waals surface area contributed by atoms with Gasteiger partial charge in [0.15, 0.2) is 43.8 Å². The van der Waals surface area contributed by atoms with Crippen LogP contribution in [0.25, 0.3) is 130 Å². The van der Waals surface area contributed by atoms with Gasteiger partial charge in [0.2, 0.25) is 0 Å². The van der Waals surface area contributed by atoms with Gasteiger partial charge in [-0.25, -0.2) is 89.0 Å². The van der Waals surface area contributed by atoms with Crippen LogP contribution >= 0.6 is 45.3 Å². The number of aliphatic hydroxyl groups is 5. The van der Waals surface area contributed by atoms with Crippen molar-refractivity contribution in [1.82, 2.24) is 116 Å². The van der Waals surface area contributed by atoms with Crippen LogP contribution in [0.5, 0.6) is 0 Å². The largest absolute Gasteiger partial charge is 0.389 e. The number of rotatable bonds is 22. The number of likely N-dealkylation sites (tertiary alicyclic amines) is 1. The third-order valence-electron chi connectivity index (χ3n) is 20.8. The Balaban J connectivity index is 0.000000136. The van der Waals surface area contributed by atoms with Gasteiger partial charge >= 0.3 is 24.1 Å². The number of morpholine rings is 1. The van der Waals surface area contributed by atoms with Crippen molar-refractivity contribution in [3.05, 3.63) is 213 Å². The summed E-state index contributed by atoms with van der Waals surface area (Å²) in [4.78, 5) is 127. The molecule has 12 aromatic heterocycles. The first kappa shape index (κ1) is 93.7. The molecule has 41 heteroatoms. The van der Waals surface area contributed by atoms with Gasteiger partial charge in [0, 0.05) is 179 Å². The van der Waals surface area contributed by atoms with E-state index in [-0.39, 0.29) is 24.1 Å². The highest BCUT2D eigenvalue weighted by molar-refractivity contribution is 7.24. The fourth-order valence-corrected chi connectivity index (χ4v) is 18.1. The zero-order chi connectivity index (χ0) is 93.5. The van der Waals surface area contributed by atoms with E-state index in [9.17, 15) is 44.7 Å². The fraction of sp³-hybridized carbons (Fsp3) is 0.272. The number of fused-ring (bicyclic) bond motifs is 4. The van der Waals surface area contributed by atoms with E-state index in [1.165, 1.54) is 45.3 Å². The molecule has 14 heterocycles. The minimum atomic E-state index is -1.11. The molecule has 4 atom stereocenters. The highest BCUT2D eigenvalue weighted by Crippen LogP contribution is 2.44. The Morgan fingerprint density at radius 3 is 1.14 bits per heavy atom. The SMILES string of the molecule is CCNC(=O)Nc1nc2cc(-c3cnc(C(C)O)nc3)cc(-c3cc(CN4CCC(C)(O)C4)ncn3)c2s1.CCNC(=O)Nc1nc2cc(-c3cnc(C(O)CN4CCOCC4)nc3)cc(-c3ccccn3)c2s1.CNC(=O)Nc1nc2cc(-c3cnc(C(C)(C)O)nc3)cc(-c3ccccn3)c2s1.CNC(=O)Nc1nc2cc(-c3cnc(C(C)O)nc3)cc(-c3ccccn3)c2s1. The average molecular weight is 1870 g/mol. The number of benzene rings is 4. The van der Waals surface area contributed by atoms with Gasteiger partial charge in [-0.3, -0.25) is 46.0 Å². The molecule has 0 spiro atoms. The maximum atomic E-state index is 12.1. The average Bonchev–Trinajstić information content (AvgIpc) is 1.67. The molecule has 682 valence electrons. The summed E-state index contributed by atoms with van der Waals surface area (Å²) in [5.74, 6) is 1.45. The zero-order valence-electron chi connectivity index (χ0n) is 73.7. The van der Waals surface area contributed by atoms with Crippen molar-refractivity contribution in [2.45, 2.75) is 90.9 Å². The van der Waals surface area contributed by atoms with Gasteiger partial charge in [0.1, 0.15) is 30.2 Å². The van der Waals surface area contributed by atoms with Crippen LogP contribution in [0.3, 0.4) is 0 Å². The number of nitrogens with one attached hydrogen (secondary N) is 8. The molecule has 0 saturated carbocycles. The first-order valence-corrected chi connectivity index (χ1v) is 45.7. The first-order valence-electron chi connectivity index (χ1n) is 42.4. The van der Waals surface area contributed by atoms with E-state index in [0.29, 0.717) is 95.3 Å². The van der Waals surface area contributed by atoms with Crippen molar-refractivity contribution in [2.24, 2.45) is 0 Å². The van der Waals surface area contributed by atoms with E-state index in [2.05, 4.69) is 137 Å². The molecule has 2 saturated heterocycles. The maximum absolute atomic E-state index is 12.1. The molecule has 8 amide bonds. The van der Waals surface area contributed by atoms with E-state index >= 15 is 0 Å². The van der Waals surface area contributed by atoms with Crippen molar-refractivity contribution in [3.63, 3.8) is 0 Å². The lowest BCUT2D eigenvalue weighted by Gasteiger charge is -2.28. The Labute approximate surface area is 778 Å². The van der Waals surface area contributed by atoms with Gasteiger partial charge in [-0.2, -0.15) is 0 Å². The van der Waals surface area contributed by atoms with Crippen LogP contribution in [0.1, 0.15) is 102 Å². The van der Waals surface area contributed by atoms with E-state index in [4.69, 9.17) is 4.74 Å². The molecule has 0 aliphatic carbocycles. The zero-order valence-corrected chi connectivity index (χ0v) is 77.0. The summed E-state index contributed by atoms with van der Waals surface area (Å²) in [6, 6.07) is 33.6. The molecule has 2 fully saturated rings. The summed E-state index contributed by atoms with van der Waals surface area (Å²) in [5.41, 5.74) is 15.2. The van der Waals surface area contributed by atoms with Gasteiger partial charge in [0.05, 0.1) is 88.2 Å². The molecule has 2 aliphatic heterocycles. The topological polar surface area (TPSA) is 501 Å². The maximum Gasteiger partial charge on any atom is 0.321 e. The standard InChI is InChI=1S/C26H30N8O3S.C25H27N7O3S.C21H20N6O2S.C20H18N6O2S/c1-4-27-24(36)33-25-32-21-8-16(17-10-28-23(15(2)35)29-11-17)7-19(22(21)38-25)20-9-18(30-14-31-20)12-34-6-5-26(3,37)13-34;1-2-26-24(34)31-25-30-20-12-16(11-18(22(20)36-25)19-5-3-4-6-27-19)17-13-28-23(29-14-17)21(33)15-32-7-9-35-10-8-32;1-21(2,29)18-24-10-13(11-25-18)12-8-14(15-6-4-5-7-23-15)17-16(9-12)26-20(30-17)27-19(28)22-3;1-11(27)18-23-9-13(10-24-18)12-7-14(15-5-3-4-6-22-15)17-16(8-12)25-20(29-17)26-19(28)21-2/h7-11,14-15,35,37H,4-6,12-13H2,1-3H3,(H2,27,32,33,36);3-6,11-14,21,33H,2,7-10,15H2,1H3,(H2,26,30,31,34);4-11,29H,1-3H3,(H2,22,26,27,28);3-11,27H,1-2H3,(H2,21,25,26,28). The third-order valence-corrected chi connectivity index (χ3v) is 24.9. The molecular weight excluding hydrogens is 1770 g/mol. The summed E-state index contributed by atoms with van der Waals surface area (Å²) >= 11 is 5.54. The quantitative estimate of drug-likeness (QED) is 0.0300. The van der Waals surface area contributed by atoms with Crippen molar-refractivity contribution in [1.29, 1.82) is 0 Å². The molecule has 133 heavy (non-hydrogen) atoms. The minimum absolute atomic E-state index is 0.296. The molecular formula is C92H95N27O10S4. The van der Waals surface area contributed by atoms with Crippen LogP contribution in [0.2, 0.25) is 0 Å². The number of anilines is 4. The number of aliphatic hydroxyl groups excluding tert-OH is 3. The van der Waals surface area contributed by atoms with Crippen LogP contribution in [-0.2, 0) is 16.9 Å². The Kier molecular flexibility index (Phi) is 30.0. The minimum Gasteiger partial charge on any atom is -0.389 e. The van der Waals surface area contributed by atoms with Crippen LogP contribution in [0.4, 0.5) is 39.7 Å². The third kappa shape index (κ3) is 23.7. The number of amides is 8. The van der Waals surface area contributed by atoms with Crippen LogP contribution in [0.15, 0.2) is 184 Å². The number of aromatic nitrogens is 17. The smallest absolute Gasteiger partial charge is 0.321 e. The second-order valence-electron chi connectivity index (χ2n) is 31.6. The fourth-order valence-electron chi connectivity index (χ4n) is 14.3.